The average Bonchev–Trinajstić information content (AvgIpc) is 3.08. The molecule has 0 aromatic heterocycles. The lowest BCUT2D eigenvalue weighted by Crippen LogP contribution is -2.19. The van der Waals surface area contributed by atoms with E-state index in [4.69, 9.17) is 0 Å². The molecule has 0 saturated heterocycles. The van der Waals surface area contributed by atoms with Gasteiger partial charge in [0, 0.05) is 16.7 Å². The van der Waals surface area contributed by atoms with Crippen molar-refractivity contribution in [2.75, 3.05) is 12.3 Å². The molecule has 0 amide bonds. The van der Waals surface area contributed by atoms with Crippen LogP contribution in [0.2, 0.25) is 0 Å². The first kappa shape index (κ1) is 12.8. The van der Waals surface area contributed by atoms with Crippen molar-refractivity contribution in [3.05, 3.63) is 29.3 Å². The van der Waals surface area contributed by atoms with E-state index >= 15 is 0 Å². The Morgan fingerprint density at radius 2 is 2.12 bits per heavy atom. The molecule has 94 valence electrons. The van der Waals surface area contributed by atoms with Crippen molar-refractivity contribution in [2.45, 2.75) is 44.0 Å². The molecule has 1 N–H and O–H groups in total. The lowest BCUT2D eigenvalue weighted by atomic mass is 10.2. The van der Waals surface area contributed by atoms with Crippen molar-refractivity contribution in [3.8, 4) is 0 Å². The Labute approximate surface area is 106 Å². The van der Waals surface area contributed by atoms with Crippen LogP contribution in [0.4, 0.5) is 0 Å². The van der Waals surface area contributed by atoms with E-state index in [1.165, 1.54) is 18.4 Å². The Morgan fingerprint density at radius 1 is 1.35 bits per heavy atom. The molecule has 1 unspecified atom stereocenters. The number of nitrogens with one attached hydrogen (secondary N) is 1. The zero-order valence-electron chi connectivity index (χ0n) is 10.7. The summed E-state index contributed by atoms with van der Waals surface area (Å²) < 4.78 is 12.1. The van der Waals surface area contributed by atoms with Gasteiger partial charge >= 0.3 is 0 Å². The number of hydrogen-bond donors (Lipinski definition) is 1. The van der Waals surface area contributed by atoms with E-state index in [1.54, 1.807) is 0 Å². The number of rotatable bonds is 6. The van der Waals surface area contributed by atoms with Crippen LogP contribution >= 0.6 is 0 Å². The minimum absolute atomic E-state index is 0.754. The van der Waals surface area contributed by atoms with Crippen LogP contribution < -0.4 is 5.32 Å². The fourth-order valence-corrected chi connectivity index (χ4v) is 3.23. The summed E-state index contributed by atoms with van der Waals surface area (Å²) in [4.78, 5) is 1.00. The topological polar surface area (TPSA) is 29.1 Å². The highest BCUT2D eigenvalue weighted by atomic mass is 32.2. The molecule has 1 aromatic rings. The molecule has 1 saturated carbocycles. The zero-order valence-corrected chi connectivity index (χ0v) is 11.5. The molecule has 1 aliphatic carbocycles. The van der Waals surface area contributed by atoms with Crippen LogP contribution in [0.25, 0.3) is 0 Å². The van der Waals surface area contributed by atoms with Crippen LogP contribution in [-0.4, -0.2) is 22.5 Å². The Kier molecular flexibility index (Phi) is 4.35. The van der Waals surface area contributed by atoms with E-state index in [9.17, 15) is 4.21 Å². The maximum Gasteiger partial charge on any atom is 0.0532 e. The molecule has 2 rings (SSSR count). The fraction of sp³-hybridized carbons (Fsp3) is 0.571. The van der Waals surface area contributed by atoms with Gasteiger partial charge in [0.15, 0.2) is 0 Å². The van der Waals surface area contributed by atoms with Gasteiger partial charge < -0.3 is 5.32 Å². The quantitative estimate of drug-likeness (QED) is 0.787. The van der Waals surface area contributed by atoms with Crippen molar-refractivity contribution in [2.24, 2.45) is 0 Å². The zero-order chi connectivity index (χ0) is 12.3. The molecule has 0 radical (unpaired) electrons. The van der Waals surface area contributed by atoms with E-state index in [0.717, 1.165) is 35.2 Å². The van der Waals surface area contributed by atoms with E-state index in [0.29, 0.717) is 0 Å². The highest BCUT2D eigenvalue weighted by molar-refractivity contribution is 7.85. The van der Waals surface area contributed by atoms with Gasteiger partial charge in [0.05, 0.1) is 10.8 Å². The van der Waals surface area contributed by atoms with Gasteiger partial charge in [-0.1, -0.05) is 17.7 Å². The van der Waals surface area contributed by atoms with Crippen LogP contribution in [0.5, 0.6) is 0 Å². The van der Waals surface area contributed by atoms with E-state index in [-0.39, 0.29) is 0 Å². The third kappa shape index (κ3) is 3.93. The third-order valence-electron chi connectivity index (χ3n) is 3.09. The summed E-state index contributed by atoms with van der Waals surface area (Å²) in [6.07, 6.45) is 3.64. The first-order chi connectivity index (χ1) is 8.16. The largest absolute Gasteiger partial charge is 0.314 e. The maximum absolute atomic E-state index is 12.1. The lowest BCUT2D eigenvalue weighted by molar-refractivity contribution is 0.657. The van der Waals surface area contributed by atoms with Gasteiger partial charge in [-0.3, -0.25) is 4.21 Å². The SMILES string of the molecule is Cc1ccc(S(=O)CCCNC2CC2)c(C)c1. The van der Waals surface area contributed by atoms with E-state index in [1.807, 2.05) is 19.1 Å². The number of hydrogen-bond acceptors (Lipinski definition) is 2. The van der Waals surface area contributed by atoms with Crippen LogP contribution in [-0.2, 0) is 10.8 Å². The summed E-state index contributed by atoms with van der Waals surface area (Å²) in [6.45, 7) is 5.11. The van der Waals surface area contributed by atoms with Crippen molar-refractivity contribution in [3.63, 3.8) is 0 Å². The molecular weight excluding hydrogens is 230 g/mol. The average molecular weight is 251 g/mol. The molecular formula is C14H21NOS. The van der Waals surface area contributed by atoms with Gasteiger partial charge in [0.25, 0.3) is 0 Å². The first-order valence-corrected chi connectivity index (χ1v) is 7.68. The Balaban J connectivity index is 1.81. The van der Waals surface area contributed by atoms with Crippen molar-refractivity contribution in [1.82, 2.24) is 5.32 Å². The van der Waals surface area contributed by atoms with Gasteiger partial charge in [-0.25, -0.2) is 0 Å². The summed E-state index contributed by atoms with van der Waals surface area (Å²) in [6, 6.07) is 6.91. The third-order valence-corrected chi connectivity index (χ3v) is 4.70. The maximum atomic E-state index is 12.1. The minimum atomic E-state index is -0.838. The van der Waals surface area contributed by atoms with Gasteiger partial charge in [-0.2, -0.15) is 0 Å². The molecule has 3 heteroatoms. The van der Waals surface area contributed by atoms with Crippen LogP contribution in [0, 0.1) is 13.8 Å². The highest BCUT2D eigenvalue weighted by Gasteiger charge is 2.19. The second kappa shape index (κ2) is 5.78. The van der Waals surface area contributed by atoms with Crippen LogP contribution in [0.3, 0.4) is 0 Å². The van der Waals surface area contributed by atoms with Crippen molar-refractivity contribution in [1.29, 1.82) is 0 Å². The molecule has 0 bridgehead atoms. The molecule has 1 aromatic carbocycles. The summed E-state index contributed by atoms with van der Waals surface area (Å²) >= 11 is 0. The van der Waals surface area contributed by atoms with E-state index < -0.39 is 10.8 Å². The molecule has 1 aliphatic rings. The minimum Gasteiger partial charge on any atom is -0.314 e. The Bertz CT molecular complexity index is 413. The molecule has 0 heterocycles. The second-order valence-corrected chi connectivity index (χ2v) is 6.44. The Morgan fingerprint density at radius 3 is 2.76 bits per heavy atom. The van der Waals surface area contributed by atoms with Gasteiger partial charge in [-0.05, 0) is 51.3 Å². The Hall–Kier alpha value is -0.670. The standard InChI is InChI=1S/C14H21NOS/c1-11-4-7-14(12(2)10-11)17(16)9-3-8-15-13-5-6-13/h4,7,10,13,15H,3,5-6,8-9H2,1-2H3. The first-order valence-electron chi connectivity index (χ1n) is 6.36. The summed E-state index contributed by atoms with van der Waals surface area (Å²) in [5.74, 6) is 0.767. The van der Waals surface area contributed by atoms with Crippen molar-refractivity contribution >= 4 is 10.8 Å². The summed E-state index contributed by atoms with van der Waals surface area (Å²) in [5.41, 5.74) is 2.39. The fourth-order valence-electron chi connectivity index (χ4n) is 1.96. The molecule has 1 fully saturated rings. The predicted octanol–water partition coefficient (Wildman–Crippen LogP) is 2.55. The van der Waals surface area contributed by atoms with Crippen LogP contribution in [0.1, 0.15) is 30.4 Å². The second-order valence-electron chi connectivity index (χ2n) is 4.90. The summed E-state index contributed by atoms with van der Waals surface area (Å²) in [5, 5.41) is 3.45. The molecule has 2 nitrogen and oxygen atoms in total. The molecule has 1 atom stereocenters. The van der Waals surface area contributed by atoms with Crippen molar-refractivity contribution < 1.29 is 4.21 Å². The normalized spacial score (nSPS) is 17.1. The highest BCUT2D eigenvalue weighted by Crippen LogP contribution is 2.18. The number of benzene rings is 1. The van der Waals surface area contributed by atoms with E-state index in [2.05, 4.69) is 18.3 Å². The molecule has 17 heavy (non-hydrogen) atoms. The van der Waals surface area contributed by atoms with Crippen LogP contribution in [0.15, 0.2) is 23.1 Å². The smallest absolute Gasteiger partial charge is 0.0532 e. The van der Waals surface area contributed by atoms with Gasteiger partial charge in [0.2, 0.25) is 0 Å². The van der Waals surface area contributed by atoms with Gasteiger partial charge in [0.1, 0.15) is 0 Å². The molecule has 0 aliphatic heterocycles. The monoisotopic (exact) mass is 251 g/mol. The predicted molar refractivity (Wildman–Crippen MR) is 72.8 cm³/mol. The molecule has 0 spiro atoms. The summed E-state index contributed by atoms with van der Waals surface area (Å²) in [7, 11) is -0.838. The number of aryl methyl sites for hydroxylation is 2. The lowest BCUT2D eigenvalue weighted by Gasteiger charge is -2.07. The van der Waals surface area contributed by atoms with Gasteiger partial charge in [-0.15, -0.1) is 0 Å².